The molecule has 2 nitrogen and oxygen atoms in total. The van der Waals surface area contributed by atoms with Crippen LogP contribution in [-0.4, -0.2) is 26.4 Å². The van der Waals surface area contributed by atoms with Crippen molar-refractivity contribution in [2.75, 3.05) is 26.4 Å². The highest BCUT2D eigenvalue weighted by Crippen LogP contribution is 2.41. The standard InChI is InChI=1S/C20H36O2/c1-3-13-21-15-17-5-9-19(10-6-17)20-11-7-18(8-12-20)16-22-14-4-2/h3,17-20H,1,4-16H2,2H3/t17?,18-,19?,20-. The van der Waals surface area contributed by atoms with Crippen molar-refractivity contribution >= 4 is 0 Å². The fourth-order valence-electron chi connectivity index (χ4n) is 4.36. The van der Waals surface area contributed by atoms with Gasteiger partial charge in [0.25, 0.3) is 0 Å². The van der Waals surface area contributed by atoms with Gasteiger partial charge in [-0.2, -0.15) is 0 Å². The molecule has 2 aliphatic carbocycles. The lowest BCUT2D eigenvalue weighted by molar-refractivity contribution is 0.0559. The molecule has 0 unspecified atom stereocenters. The van der Waals surface area contributed by atoms with Crippen molar-refractivity contribution < 1.29 is 9.47 Å². The maximum atomic E-state index is 5.74. The number of hydrogen-bond acceptors (Lipinski definition) is 2. The molecule has 2 rings (SSSR count). The molecular weight excluding hydrogens is 272 g/mol. The van der Waals surface area contributed by atoms with Crippen molar-refractivity contribution in [1.82, 2.24) is 0 Å². The quantitative estimate of drug-likeness (QED) is 0.429. The molecule has 128 valence electrons. The van der Waals surface area contributed by atoms with Gasteiger partial charge in [0.1, 0.15) is 0 Å². The van der Waals surface area contributed by atoms with Crippen LogP contribution >= 0.6 is 0 Å². The van der Waals surface area contributed by atoms with Gasteiger partial charge >= 0.3 is 0 Å². The molecule has 2 aliphatic rings. The van der Waals surface area contributed by atoms with E-state index in [1.165, 1.54) is 51.4 Å². The van der Waals surface area contributed by atoms with E-state index in [4.69, 9.17) is 9.47 Å². The van der Waals surface area contributed by atoms with E-state index >= 15 is 0 Å². The minimum atomic E-state index is 0.712. The Labute approximate surface area is 137 Å². The van der Waals surface area contributed by atoms with Crippen LogP contribution in [0, 0.1) is 23.7 Å². The van der Waals surface area contributed by atoms with E-state index in [1.54, 1.807) is 0 Å². The van der Waals surface area contributed by atoms with Crippen LogP contribution in [0.1, 0.15) is 64.7 Å². The van der Waals surface area contributed by atoms with Crippen molar-refractivity contribution in [2.45, 2.75) is 64.7 Å². The minimum absolute atomic E-state index is 0.712. The zero-order valence-electron chi connectivity index (χ0n) is 14.6. The van der Waals surface area contributed by atoms with Crippen LogP contribution in [0.2, 0.25) is 0 Å². The summed E-state index contributed by atoms with van der Waals surface area (Å²) in [5, 5.41) is 0. The van der Waals surface area contributed by atoms with Crippen molar-refractivity contribution in [3.05, 3.63) is 12.7 Å². The van der Waals surface area contributed by atoms with Crippen LogP contribution in [0.3, 0.4) is 0 Å². The largest absolute Gasteiger partial charge is 0.381 e. The lowest BCUT2D eigenvalue weighted by atomic mass is 9.69. The van der Waals surface area contributed by atoms with Crippen molar-refractivity contribution in [2.24, 2.45) is 23.7 Å². The first kappa shape index (κ1) is 18.0. The maximum absolute atomic E-state index is 5.74. The zero-order chi connectivity index (χ0) is 15.6. The van der Waals surface area contributed by atoms with Gasteiger partial charge in [-0.1, -0.05) is 13.0 Å². The van der Waals surface area contributed by atoms with E-state index in [9.17, 15) is 0 Å². The zero-order valence-corrected chi connectivity index (χ0v) is 14.6. The number of ether oxygens (including phenoxy) is 2. The van der Waals surface area contributed by atoms with Gasteiger partial charge < -0.3 is 9.47 Å². The molecule has 0 atom stereocenters. The van der Waals surface area contributed by atoms with Gasteiger partial charge in [-0.15, -0.1) is 6.58 Å². The highest BCUT2D eigenvalue weighted by atomic mass is 16.5. The van der Waals surface area contributed by atoms with Crippen LogP contribution in [0.5, 0.6) is 0 Å². The monoisotopic (exact) mass is 308 g/mol. The first-order valence-corrected chi connectivity index (χ1v) is 9.59. The Morgan fingerprint density at radius 2 is 1.32 bits per heavy atom. The van der Waals surface area contributed by atoms with E-state index in [0.29, 0.717) is 6.61 Å². The third-order valence-corrected chi connectivity index (χ3v) is 5.74. The molecule has 2 fully saturated rings. The Morgan fingerprint density at radius 1 is 0.818 bits per heavy atom. The van der Waals surface area contributed by atoms with Gasteiger partial charge in [-0.3, -0.25) is 0 Å². The van der Waals surface area contributed by atoms with Crippen LogP contribution in [0.25, 0.3) is 0 Å². The van der Waals surface area contributed by atoms with E-state index in [0.717, 1.165) is 49.9 Å². The molecule has 0 heterocycles. The van der Waals surface area contributed by atoms with E-state index in [1.807, 2.05) is 6.08 Å². The first-order chi connectivity index (χ1) is 10.8. The lowest BCUT2D eigenvalue weighted by Gasteiger charge is -2.37. The van der Waals surface area contributed by atoms with Gasteiger partial charge in [0, 0.05) is 19.8 Å². The second-order valence-corrected chi connectivity index (χ2v) is 7.46. The molecule has 0 aromatic rings. The summed E-state index contributed by atoms with van der Waals surface area (Å²) in [6.45, 7) is 9.51. The minimum Gasteiger partial charge on any atom is -0.381 e. The summed E-state index contributed by atoms with van der Waals surface area (Å²) in [5.41, 5.74) is 0. The van der Waals surface area contributed by atoms with Crippen LogP contribution in [0.4, 0.5) is 0 Å². The Morgan fingerprint density at radius 3 is 1.77 bits per heavy atom. The molecule has 0 aromatic heterocycles. The van der Waals surface area contributed by atoms with Gasteiger partial charge in [0.15, 0.2) is 0 Å². The fourth-order valence-corrected chi connectivity index (χ4v) is 4.36. The maximum Gasteiger partial charge on any atom is 0.0644 e. The molecule has 0 aliphatic heterocycles. The van der Waals surface area contributed by atoms with Gasteiger partial charge in [-0.25, -0.2) is 0 Å². The average Bonchev–Trinajstić information content (AvgIpc) is 2.57. The van der Waals surface area contributed by atoms with E-state index in [-0.39, 0.29) is 0 Å². The molecule has 0 N–H and O–H groups in total. The Hall–Kier alpha value is -0.340. The summed E-state index contributed by atoms with van der Waals surface area (Å²) in [4.78, 5) is 0. The highest BCUT2D eigenvalue weighted by Gasteiger charge is 2.30. The third kappa shape index (κ3) is 6.04. The predicted molar refractivity (Wildman–Crippen MR) is 93.0 cm³/mol. The molecule has 0 spiro atoms. The topological polar surface area (TPSA) is 18.5 Å². The van der Waals surface area contributed by atoms with Crippen LogP contribution in [0.15, 0.2) is 12.7 Å². The van der Waals surface area contributed by atoms with Crippen molar-refractivity contribution in [3.8, 4) is 0 Å². The summed E-state index contributed by atoms with van der Waals surface area (Å²) >= 11 is 0. The summed E-state index contributed by atoms with van der Waals surface area (Å²) < 4.78 is 11.4. The highest BCUT2D eigenvalue weighted by molar-refractivity contribution is 4.82. The van der Waals surface area contributed by atoms with E-state index < -0.39 is 0 Å². The molecule has 0 radical (unpaired) electrons. The second kappa shape index (κ2) is 10.4. The normalized spacial score (nSPS) is 32.8. The average molecular weight is 309 g/mol. The second-order valence-electron chi connectivity index (χ2n) is 7.46. The Bertz CT molecular complexity index is 286. The molecule has 0 bridgehead atoms. The van der Waals surface area contributed by atoms with Crippen LogP contribution in [-0.2, 0) is 9.47 Å². The fraction of sp³-hybridized carbons (Fsp3) is 0.900. The molecule has 22 heavy (non-hydrogen) atoms. The molecule has 0 amide bonds. The molecular formula is C20H36O2. The molecule has 2 heteroatoms. The smallest absolute Gasteiger partial charge is 0.0644 e. The lowest BCUT2D eigenvalue weighted by Crippen LogP contribution is -2.28. The first-order valence-electron chi connectivity index (χ1n) is 9.59. The molecule has 0 saturated heterocycles. The summed E-state index contributed by atoms with van der Waals surface area (Å²) in [6, 6.07) is 0. The summed E-state index contributed by atoms with van der Waals surface area (Å²) in [5.74, 6) is 3.63. The number of hydrogen-bond donors (Lipinski definition) is 0. The van der Waals surface area contributed by atoms with Crippen molar-refractivity contribution in [3.63, 3.8) is 0 Å². The number of rotatable bonds is 9. The molecule has 2 saturated carbocycles. The Kier molecular flexibility index (Phi) is 8.54. The van der Waals surface area contributed by atoms with Gasteiger partial charge in [0.05, 0.1) is 6.61 Å². The summed E-state index contributed by atoms with van der Waals surface area (Å²) in [6.07, 6.45) is 14.3. The Balaban J connectivity index is 1.59. The van der Waals surface area contributed by atoms with Crippen molar-refractivity contribution in [1.29, 1.82) is 0 Å². The van der Waals surface area contributed by atoms with Crippen LogP contribution < -0.4 is 0 Å². The molecule has 0 aromatic carbocycles. The summed E-state index contributed by atoms with van der Waals surface area (Å²) in [7, 11) is 0. The van der Waals surface area contributed by atoms with Gasteiger partial charge in [0.2, 0.25) is 0 Å². The predicted octanol–water partition coefficient (Wildman–Crippen LogP) is 5.23. The third-order valence-electron chi connectivity index (χ3n) is 5.74. The van der Waals surface area contributed by atoms with Gasteiger partial charge in [-0.05, 0) is 81.5 Å². The van der Waals surface area contributed by atoms with E-state index in [2.05, 4.69) is 13.5 Å². The SMILES string of the molecule is C=CCOCC1CCC([C@H]2CC[C@H](COCCC)CC2)CC1.